The summed E-state index contributed by atoms with van der Waals surface area (Å²) in [7, 11) is 0. The van der Waals surface area contributed by atoms with Gasteiger partial charge in [0.2, 0.25) is 5.91 Å². The molecule has 1 unspecified atom stereocenters. The third kappa shape index (κ3) is 4.86. The van der Waals surface area contributed by atoms with E-state index in [1.54, 1.807) is 24.3 Å². The lowest BCUT2D eigenvalue weighted by Crippen LogP contribution is -2.31. The molecule has 0 saturated carbocycles. The van der Waals surface area contributed by atoms with Crippen LogP contribution in [0.4, 0.5) is 11.4 Å². The fourth-order valence-electron chi connectivity index (χ4n) is 3.71. The number of hydrogen-bond donors (Lipinski definition) is 1. The Morgan fingerprint density at radius 1 is 1.06 bits per heavy atom. The molecular weight excluding hydrogens is 466 g/mol. The summed E-state index contributed by atoms with van der Waals surface area (Å²) in [6, 6.07) is 24.1. The molecule has 1 atom stereocenters. The molecule has 0 radical (unpaired) electrons. The smallest absolute Gasteiger partial charge is 0.269 e. The predicted molar refractivity (Wildman–Crippen MR) is 138 cm³/mol. The molecule has 5 nitrogen and oxygen atoms in total. The molecule has 0 spiro atoms. The van der Waals surface area contributed by atoms with Crippen molar-refractivity contribution in [2.75, 3.05) is 10.2 Å². The van der Waals surface area contributed by atoms with Gasteiger partial charge in [-0.3, -0.25) is 14.5 Å². The standard InChI is InChI=1S/C27H22ClN3O2S/c1-17-12-13-19(14-22(17)28)15-24-26(33)31(23-11-7-6-8-18(23)2)27(34-24)21(16-29)25(32)30-20-9-4-3-5-10-20/h3-14,24H,15H2,1-2H3,(H,30,32)/b27-21-. The third-order valence-corrected chi connectivity index (χ3v) is 7.22. The van der Waals surface area contributed by atoms with Crippen LogP contribution in [-0.2, 0) is 16.0 Å². The van der Waals surface area contributed by atoms with Gasteiger partial charge in [-0.2, -0.15) is 5.26 Å². The van der Waals surface area contributed by atoms with E-state index in [0.29, 0.717) is 27.8 Å². The second-order valence-electron chi connectivity index (χ2n) is 7.97. The summed E-state index contributed by atoms with van der Waals surface area (Å²) < 4.78 is 0. The molecule has 1 N–H and O–H groups in total. The molecule has 0 aromatic heterocycles. The maximum Gasteiger partial charge on any atom is 0.269 e. The number of carbonyl (C=O) groups excluding carboxylic acids is 2. The Morgan fingerprint density at radius 3 is 2.44 bits per heavy atom. The van der Waals surface area contributed by atoms with E-state index in [1.165, 1.54) is 16.7 Å². The zero-order chi connectivity index (χ0) is 24.2. The molecule has 1 heterocycles. The van der Waals surface area contributed by atoms with E-state index in [1.807, 2.05) is 68.4 Å². The second kappa shape index (κ2) is 10.2. The summed E-state index contributed by atoms with van der Waals surface area (Å²) >= 11 is 7.53. The van der Waals surface area contributed by atoms with Gasteiger partial charge in [0.25, 0.3) is 5.91 Å². The van der Waals surface area contributed by atoms with E-state index in [2.05, 4.69) is 5.32 Å². The van der Waals surface area contributed by atoms with Crippen molar-refractivity contribution in [1.29, 1.82) is 5.26 Å². The average molecular weight is 488 g/mol. The largest absolute Gasteiger partial charge is 0.321 e. The first kappa shape index (κ1) is 23.6. The summed E-state index contributed by atoms with van der Waals surface area (Å²) in [5.74, 6) is -0.729. The molecule has 0 bridgehead atoms. The molecule has 1 aliphatic rings. The van der Waals surface area contributed by atoms with Crippen LogP contribution in [0.2, 0.25) is 5.02 Å². The number of para-hydroxylation sites is 2. The molecule has 3 aromatic rings. The number of carbonyl (C=O) groups is 2. The Hall–Kier alpha value is -3.53. The summed E-state index contributed by atoms with van der Waals surface area (Å²) in [5.41, 5.74) is 3.87. The average Bonchev–Trinajstić information content (AvgIpc) is 3.13. The Labute approximate surface area is 208 Å². The molecule has 34 heavy (non-hydrogen) atoms. The van der Waals surface area contributed by atoms with Gasteiger partial charge in [0.05, 0.1) is 10.9 Å². The topological polar surface area (TPSA) is 73.2 Å². The first-order valence-electron chi connectivity index (χ1n) is 10.7. The van der Waals surface area contributed by atoms with E-state index in [9.17, 15) is 14.9 Å². The van der Waals surface area contributed by atoms with Crippen LogP contribution < -0.4 is 10.2 Å². The molecule has 1 aliphatic heterocycles. The number of nitriles is 1. The summed E-state index contributed by atoms with van der Waals surface area (Å²) in [4.78, 5) is 28.2. The van der Waals surface area contributed by atoms with Crippen LogP contribution in [0.15, 0.2) is 83.4 Å². The van der Waals surface area contributed by atoms with Crippen LogP contribution in [-0.4, -0.2) is 17.1 Å². The minimum absolute atomic E-state index is 0.102. The Morgan fingerprint density at radius 2 is 1.76 bits per heavy atom. The van der Waals surface area contributed by atoms with Gasteiger partial charge in [0, 0.05) is 10.7 Å². The van der Waals surface area contributed by atoms with Crippen LogP contribution >= 0.6 is 23.4 Å². The molecule has 170 valence electrons. The van der Waals surface area contributed by atoms with Crippen LogP contribution in [0, 0.1) is 25.2 Å². The number of anilines is 2. The molecule has 3 aromatic carbocycles. The van der Waals surface area contributed by atoms with Crippen molar-refractivity contribution in [3.8, 4) is 6.07 Å². The number of nitrogens with zero attached hydrogens (tertiary/aromatic N) is 2. The van der Waals surface area contributed by atoms with E-state index < -0.39 is 11.2 Å². The lowest BCUT2D eigenvalue weighted by Gasteiger charge is -2.20. The monoisotopic (exact) mass is 487 g/mol. The number of hydrogen-bond acceptors (Lipinski definition) is 4. The van der Waals surface area contributed by atoms with E-state index in [0.717, 1.165) is 16.7 Å². The number of aryl methyl sites for hydroxylation is 2. The van der Waals surface area contributed by atoms with Crippen LogP contribution in [0.25, 0.3) is 0 Å². The summed E-state index contributed by atoms with van der Waals surface area (Å²) in [6.07, 6.45) is 0.425. The first-order chi connectivity index (χ1) is 16.4. The van der Waals surface area contributed by atoms with Crippen LogP contribution in [0.1, 0.15) is 16.7 Å². The van der Waals surface area contributed by atoms with E-state index in [4.69, 9.17) is 11.6 Å². The van der Waals surface area contributed by atoms with Gasteiger partial charge in [0.15, 0.2) is 0 Å². The maximum atomic E-state index is 13.6. The van der Waals surface area contributed by atoms with Gasteiger partial charge in [0.1, 0.15) is 16.7 Å². The van der Waals surface area contributed by atoms with E-state index >= 15 is 0 Å². The van der Waals surface area contributed by atoms with Gasteiger partial charge < -0.3 is 5.32 Å². The van der Waals surface area contributed by atoms with Crippen molar-refractivity contribution in [3.05, 3.63) is 105 Å². The van der Waals surface area contributed by atoms with Gasteiger partial charge in [-0.05, 0) is 61.2 Å². The lowest BCUT2D eigenvalue weighted by atomic mass is 10.1. The van der Waals surface area contributed by atoms with Gasteiger partial charge in [-0.1, -0.05) is 71.9 Å². The molecule has 0 aliphatic carbocycles. The zero-order valence-electron chi connectivity index (χ0n) is 18.7. The first-order valence-corrected chi connectivity index (χ1v) is 12.0. The zero-order valence-corrected chi connectivity index (χ0v) is 20.3. The van der Waals surface area contributed by atoms with Crippen molar-refractivity contribution in [2.45, 2.75) is 25.5 Å². The Kier molecular flexibility index (Phi) is 7.06. The highest BCUT2D eigenvalue weighted by molar-refractivity contribution is 8.05. The Bertz CT molecular complexity index is 1330. The van der Waals surface area contributed by atoms with E-state index in [-0.39, 0.29) is 11.5 Å². The highest BCUT2D eigenvalue weighted by Gasteiger charge is 2.41. The number of amides is 2. The number of benzene rings is 3. The third-order valence-electron chi connectivity index (χ3n) is 5.55. The van der Waals surface area contributed by atoms with Crippen molar-refractivity contribution in [2.24, 2.45) is 0 Å². The molecule has 7 heteroatoms. The highest BCUT2D eigenvalue weighted by Crippen LogP contribution is 2.43. The number of rotatable bonds is 5. The minimum atomic E-state index is -0.554. The number of nitrogens with one attached hydrogen (secondary N) is 1. The molecule has 1 saturated heterocycles. The number of thioether (sulfide) groups is 1. The molecule has 4 rings (SSSR count). The molecule has 1 fully saturated rings. The summed E-state index contributed by atoms with van der Waals surface area (Å²) in [6.45, 7) is 3.82. The van der Waals surface area contributed by atoms with Crippen molar-refractivity contribution in [3.63, 3.8) is 0 Å². The SMILES string of the molecule is Cc1ccc(CC2S/C(=C(/C#N)C(=O)Nc3ccccc3)N(c3ccccc3C)C2=O)cc1Cl. The van der Waals surface area contributed by atoms with Crippen molar-refractivity contribution >= 4 is 46.6 Å². The second-order valence-corrected chi connectivity index (χ2v) is 9.57. The lowest BCUT2D eigenvalue weighted by molar-refractivity contribution is -0.117. The predicted octanol–water partition coefficient (Wildman–Crippen LogP) is 6.02. The van der Waals surface area contributed by atoms with Gasteiger partial charge in [-0.15, -0.1) is 0 Å². The minimum Gasteiger partial charge on any atom is -0.321 e. The van der Waals surface area contributed by atoms with Crippen molar-refractivity contribution in [1.82, 2.24) is 0 Å². The fourth-order valence-corrected chi connectivity index (χ4v) is 5.22. The van der Waals surface area contributed by atoms with Crippen molar-refractivity contribution < 1.29 is 9.59 Å². The number of halogens is 1. The van der Waals surface area contributed by atoms with Crippen LogP contribution in [0.5, 0.6) is 0 Å². The van der Waals surface area contributed by atoms with Gasteiger partial charge in [-0.25, -0.2) is 0 Å². The summed E-state index contributed by atoms with van der Waals surface area (Å²) in [5, 5.41) is 13.2. The molecule has 2 amide bonds. The highest BCUT2D eigenvalue weighted by atomic mass is 35.5. The quantitative estimate of drug-likeness (QED) is 0.352. The van der Waals surface area contributed by atoms with Crippen LogP contribution in [0.3, 0.4) is 0 Å². The molecular formula is C27H22ClN3O2S. The normalized spacial score (nSPS) is 16.8. The maximum absolute atomic E-state index is 13.6. The fraction of sp³-hybridized carbons (Fsp3) is 0.148. The van der Waals surface area contributed by atoms with Gasteiger partial charge >= 0.3 is 0 Å². The Balaban J connectivity index is 1.75.